The van der Waals surface area contributed by atoms with E-state index < -0.39 is 7.58 Å². The number of halogens is 2. The summed E-state index contributed by atoms with van der Waals surface area (Å²) in [6, 6.07) is 0. The molecule has 0 atom stereocenters. The van der Waals surface area contributed by atoms with Gasteiger partial charge in [0.1, 0.15) is 0 Å². The molecule has 0 unspecified atom stereocenters. The van der Waals surface area contributed by atoms with Crippen LogP contribution >= 0.6 is 22.2 Å². The van der Waals surface area contributed by atoms with Crippen LogP contribution in [0.2, 0.25) is 0 Å². The number of nitrogens with two attached hydrogens (primary N) is 1. The first-order valence-corrected chi connectivity index (χ1v) is 4.93. The third-order valence-corrected chi connectivity index (χ3v) is 0. The topological polar surface area (TPSA) is 26.0 Å². The van der Waals surface area contributed by atoms with Gasteiger partial charge in [0.2, 0.25) is 0 Å². The summed E-state index contributed by atoms with van der Waals surface area (Å²) in [4.78, 5) is 0. The zero-order valence-electron chi connectivity index (χ0n) is 1.91. The monoisotopic (exact) mass is 115 g/mol. The molecule has 0 aromatic heterocycles. The molecule has 0 aliphatic carbocycles. The number of hydrogen-bond acceptors (Lipinski definition) is 1. The van der Waals surface area contributed by atoms with Crippen LogP contribution in [-0.2, 0) is 0 Å². The molecule has 0 aromatic rings. The average molecular weight is 116 g/mol. The lowest BCUT2D eigenvalue weighted by molar-refractivity contribution is 1.96. The maximum Gasteiger partial charge on any atom is 0.304 e. The molecular weight excluding hydrogens is 113 g/mol. The van der Waals surface area contributed by atoms with Crippen molar-refractivity contribution >= 4 is 29.7 Å². The second kappa shape index (κ2) is 2.02. The highest BCUT2D eigenvalue weighted by Crippen LogP contribution is 1.79. The Morgan fingerprint density at radius 2 is 1.50 bits per heavy atom. The zero-order valence-corrected chi connectivity index (χ0v) is 4.58. The molecule has 0 heterocycles. The van der Waals surface area contributed by atoms with Gasteiger partial charge in [-0.15, -0.1) is 22.2 Å². The first-order chi connectivity index (χ1) is 1.73. The molecule has 0 aliphatic rings. The van der Waals surface area contributed by atoms with Gasteiger partial charge in [-0.25, -0.2) is 0 Å². The molecule has 0 fully saturated rings. The fourth-order valence-corrected chi connectivity index (χ4v) is 0. The lowest BCUT2D eigenvalue weighted by Gasteiger charge is -1.70. The van der Waals surface area contributed by atoms with E-state index in [2.05, 4.69) is 0 Å². The molecule has 0 aromatic carbocycles. The van der Waals surface area contributed by atoms with Gasteiger partial charge in [-0.05, 0) is 0 Å². The quantitative estimate of drug-likeness (QED) is 0.353. The van der Waals surface area contributed by atoms with Gasteiger partial charge < -0.3 is 5.40 Å². The van der Waals surface area contributed by atoms with Gasteiger partial charge in [0.15, 0.2) is 0 Å². The lowest BCUT2D eigenvalue weighted by Crippen LogP contribution is -2.06. The van der Waals surface area contributed by atoms with E-state index >= 15 is 0 Å². The largest absolute Gasteiger partial charge is 0.330 e. The average Bonchev–Trinajstić information content (AvgIpc) is 0.811. The minimum absolute atomic E-state index is 1.69. The summed E-state index contributed by atoms with van der Waals surface area (Å²) in [6.45, 7) is 0. The second-order valence-corrected chi connectivity index (χ2v) is 4.49. The fourth-order valence-electron chi connectivity index (χ4n) is 0. The van der Waals surface area contributed by atoms with Gasteiger partial charge in [-0.3, -0.25) is 0 Å². The second-order valence-electron chi connectivity index (χ2n) is 0.334. The molecule has 4 heteroatoms. The lowest BCUT2D eigenvalue weighted by atomic mass is 13.9. The van der Waals surface area contributed by atoms with Crippen LogP contribution in [0.5, 0.6) is 0 Å². The fraction of sp³-hybridized carbons (Fsp3) is 0. The summed E-state index contributed by atoms with van der Waals surface area (Å²) >= 11 is 9.91. The van der Waals surface area contributed by atoms with Gasteiger partial charge in [0.05, 0.1) is 0 Å². The van der Waals surface area contributed by atoms with Gasteiger partial charge in [0.25, 0.3) is 0 Å². The molecule has 0 bridgehead atoms. The van der Waals surface area contributed by atoms with Crippen LogP contribution in [0.15, 0.2) is 0 Å². The van der Waals surface area contributed by atoms with Crippen molar-refractivity contribution in [1.29, 1.82) is 0 Å². The van der Waals surface area contributed by atoms with E-state index in [1.54, 1.807) is 0 Å². The van der Waals surface area contributed by atoms with Crippen molar-refractivity contribution in [2.24, 2.45) is 5.40 Å². The Labute approximate surface area is 35.8 Å². The molecule has 0 saturated heterocycles. The molecule has 0 rings (SSSR count). The zero-order chi connectivity index (χ0) is 3.58. The Morgan fingerprint density at radius 1 is 1.50 bits per heavy atom. The maximum absolute atomic E-state index is 4.96. The molecule has 26 valence electrons. The van der Waals surface area contributed by atoms with E-state index in [0.717, 1.165) is 0 Å². The predicted octanol–water partition coefficient (Wildman–Crippen LogP) is 0.140. The summed E-state index contributed by atoms with van der Waals surface area (Å²) in [5.74, 6) is 0. The van der Waals surface area contributed by atoms with Crippen molar-refractivity contribution < 1.29 is 0 Å². The summed E-state index contributed by atoms with van der Waals surface area (Å²) < 4.78 is 0. The van der Waals surface area contributed by atoms with Crippen LogP contribution in [0.4, 0.5) is 0 Å². The van der Waals surface area contributed by atoms with Gasteiger partial charge in [-0.2, -0.15) is 0 Å². The van der Waals surface area contributed by atoms with Crippen molar-refractivity contribution in [1.82, 2.24) is 0 Å². The van der Waals surface area contributed by atoms with Crippen LogP contribution in [0.1, 0.15) is 0 Å². The number of rotatable bonds is 0. The predicted molar refractivity (Wildman–Crippen MR) is 23.0 cm³/mol. The van der Waals surface area contributed by atoms with Crippen LogP contribution < -0.4 is 5.40 Å². The molecule has 4 heavy (non-hydrogen) atoms. The van der Waals surface area contributed by atoms with E-state index in [-0.39, 0.29) is 0 Å². The van der Waals surface area contributed by atoms with E-state index in [9.17, 15) is 0 Å². The highest BCUT2D eigenvalue weighted by Gasteiger charge is 1.81. The van der Waals surface area contributed by atoms with Gasteiger partial charge in [-0.1, -0.05) is 0 Å². The van der Waals surface area contributed by atoms with Crippen molar-refractivity contribution in [3.8, 4) is 0 Å². The SMILES string of the molecule is N[SiH](Cl)Cl. The van der Waals surface area contributed by atoms with Crippen LogP contribution in [0.3, 0.4) is 0 Å². The summed E-state index contributed by atoms with van der Waals surface area (Å²) in [6.07, 6.45) is 0. The highest BCUT2D eigenvalue weighted by molar-refractivity contribution is 7.32. The van der Waals surface area contributed by atoms with Crippen molar-refractivity contribution in [2.45, 2.75) is 0 Å². The minimum Gasteiger partial charge on any atom is -0.330 e. The van der Waals surface area contributed by atoms with Crippen LogP contribution in [0, 0.1) is 0 Å². The van der Waals surface area contributed by atoms with Gasteiger partial charge >= 0.3 is 7.58 Å². The van der Waals surface area contributed by atoms with Crippen molar-refractivity contribution in [2.75, 3.05) is 0 Å². The summed E-state index contributed by atoms with van der Waals surface area (Å²) in [5, 5.41) is 4.78. The minimum atomic E-state index is -1.69. The van der Waals surface area contributed by atoms with Crippen LogP contribution in [0.25, 0.3) is 0 Å². The Balaban J connectivity index is 2.32. The Morgan fingerprint density at radius 3 is 1.50 bits per heavy atom. The Bertz CT molecular complexity index is 10.8. The van der Waals surface area contributed by atoms with E-state index in [0.29, 0.717) is 0 Å². The molecule has 0 amide bonds. The molecule has 0 radical (unpaired) electrons. The molecule has 0 spiro atoms. The normalized spacial score (nSPS) is 9.00. The highest BCUT2D eigenvalue weighted by atomic mass is 35.7. The first kappa shape index (κ1) is 4.76. The molecule has 2 N–H and O–H groups in total. The molecule has 0 aliphatic heterocycles. The van der Waals surface area contributed by atoms with E-state index in [1.807, 2.05) is 0 Å². The van der Waals surface area contributed by atoms with Crippen LogP contribution in [-0.4, -0.2) is 7.58 Å². The summed E-state index contributed by atoms with van der Waals surface area (Å²) in [7, 11) is -1.69. The first-order valence-electron chi connectivity index (χ1n) is 0.770. The number of hydrogen-bond donors (Lipinski definition) is 1. The Kier molecular flexibility index (Phi) is 2.41. The van der Waals surface area contributed by atoms with Crippen molar-refractivity contribution in [3.63, 3.8) is 0 Å². The van der Waals surface area contributed by atoms with E-state index in [4.69, 9.17) is 27.6 Å². The summed E-state index contributed by atoms with van der Waals surface area (Å²) in [5.41, 5.74) is 0. The third kappa shape index (κ3) is 14.9. The molecule has 1 nitrogen and oxygen atoms in total. The maximum atomic E-state index is 4.96. The van der Waals surface area contributed by atoms with Crippen molar-refractivity contribution in [3.05, 3.63) is 0 Å². The smallest absolute Gasteiger partial charge is 0.304 e. The van der Waals surface area contributed by atoms with Gasteiger partial charge in [0, 0.05) is 0 Å². The standard InChI is InChI=1S/Cl2H3NSi/c1-4(2)3/h4H,3H2. The Hall–Kier alpha value is 0.757. The third-order valence-electron chi connectivity index (χ3n) is 0. The van der Waals surface area contributed by atoms with E-state index in [1.165, 1.54) is 0 Å². The molecule has 0 saturated carbocycles. The molecular formula is H3Cl2NSi.